The van der Waals surface area contributed by atoms with Gasteiger partial charge < -0.3 is 10.1 Å². The zero-order valence-electron chi connectivity index (χ0n) is 13.5. The van der Waals surface area contributed by atoms with Gasteiger partial charge in [0.15, 0.2) is 5.82 Å². The zero-order chi connectivity index (χ0) is 15.6. The van der Waals surface area contributed by atoms with Gasteiger partial charge in [0, 0.05) is 31.0 Å². The molecule has 0 spiro atoms. The first-order valence-electron chi connectivity index (χ1n) is 8.39. The summed E-state index contributed by atoms with van der Waals surface area (Å²) in [4.78, 5) is 4.57. The molecule has 2 aliphatic rings. The van der Waals surface area contributed by atoms with Crippen molar-refractivity contribution >= 4 is 6.08 Å². The SMILES string of the molecule is CCc1nc2n(n1)CC(NCC1=Cc3ccccc3OC1)CC2. The van der Waals surface area contributed by atoms with Gasteiger partial charge in [0.25, 0.3) is 0 Å². The van der Waals surface area contributed by atoms with E-state index >= 15 is 0 Å². The number of fused-ring (bicyclic) bond motifs is 2. The van der Waals surface area contributed by atoms with Gasteiger partial charge in [-0.1, -0.05) is 25.1 Å². The van der Waals surface area contributed by atoms with Gasteiger partial charge in [0.05, 0.1) is 6.54 Å². The Balaban J connectivity index is 1.38. The van der Waals surface area contributed by atoms with E-state index in [-0.39, 0.29) is 0 Å². The second-order valence-electron chi connectivity index (χ2n) is 6.23. The predicted octanol–water partition coefficient (Wildman–Crippen LogP) is 2.22. The van der Waals surface area contributed by atoms with Crippen LogP contribution in [-0.4, -0.2) is 34.0 Å². The Morgan fingerprint density at radius 1 is 1.35 bits per heavy atom. The van der Waals surface area contributed by atoms with Gasteiger partial charge in [0.1, 0.15) is 18.2 Å². The van der Waals surface area contributed by atoms with Crippen LogP contribution in [0.2, 0.25) is 0 Å². The third-order valence-electron chi connectivity index (χ3n) is 4.53. The van der Waals surface area contributed by atoms with Crippen LogP contribution in [0.15, 0.2) is 29.8 Å². The predicted molar refractivity (Wildman–Crippen MR) is 89.4 cm³/mol. The van der Waals surface area contributed by atoms with Crippen LogP contribution in [0.5, 0.6) is 5.75 Å². The van der Waals surface area contributed by atoms with Gasteiger partial charge in [-0.15, -0.1) is 0 Å². The molecule has 5 nitrogen and oxygen atoms in total. The summed E-state index contributed by atoms with van der Waals surface area (Å²) in [6.07, 6.45) is 5.27. The van der Waals surface area contributed by atoms with E-state index in [4.69, 9.17) is 4.74 Å². The number of para-hydroxylation sites is 1. The van der Waals surface area contributed by atoms with Crippen LogP contribution in [0.25, 0.3) is 6.08 Å². The third kappa shape index (κ3) is 3.01. The molecule has 0 bridgehead atoms. The number of hydrogen-bond acceptors (Lipinski definition) is 4. The molecule has 23 heavy (non-hydrogen) atoms. The zero-order valence-corrected chi connectivity index (χ0v) is 13.5. The van der Waals surface area contributed by atoms with Crippen molar-refractivity contribution in [2.45, 2.75) is 38.8 Å². The second-order valence-corrected chi connectivity index (χ2v) is 6.23. The van der Waals surface area contributed by atoms with Crippen LogP contribution in [0, 0.1) is 0 Å². The van der Waals surface area contributed by atoms with E-state index in [1.165, 1.54) is 11.1 Å². The van der Waals surface area contributed by atoms with E-state index in [2.05, 4.69) is 39.1 Å². The van der Waals surface area contributed by atoms with Gasteiger partial charge >= 0.3 is 0 Å². The van der Waals surface area contributed by atoms with Crippen molar-refractivity contribution in [1.82, 2.24) is 20.1 Å². The molecule has 0 aliphatic carbocycles. The number of hydrogen-bond donors (Lipinski definition) is 1. The van der Waals surface area contributed by atoms with E-state index in [1.807, 2.05) is 18.2 Å². The van der Waals surface area contributed by atoms with Crippen molar-refractivity contribution in [1.29, 1.82) is 0 Å². The number of aromatic nitrogens is 3. The van der Waals surface area contributed by atoms with Crippen LogP contribution in [-0.2, 0) is 19.4 Å². The van der Waals surface area contributed by atoms with Crippen molar-refractivity contribution in [3.63, 3.8) is 0 Å². The lowest BCUT2D eigenvalue weighted by Gasteiger charge is -2.25. The molecule has 2 aliphatic heterocycles. The average Bonchev–Trinajstić information content (AvgIpc) is 3.02. The summed E-state index contributed by atoms with van der Waals surface area (Å²) in [5, 5.41) is 8.22. The summed E-state index contributed by atoms with van der Waals surface area (Å²) in [7, 11) is 0. The van der Waals surface area contributed by atoms with Crippen LogP contribution in [0.4, 0.5) is 0 Å². The molecule has 1 unspecified atom stereocenters. The van der Waals surface area contributed by atoms with Gasteiger partial charge in [-0.05, 0) is 24.1 Å². The summed E-state index contributed by atoms with van der Waals surface area (Å²) >= 11 is 0. The minimum absolute atomic E-state index is 0.451. The highest BCUT2D eigenvalue weighted by Crippen LogP contribution is 2.25. The van der Waals surface area contributed by atoms with Crippen molar-refractivity contribution in [3.8, 4) is 5.75 Å². The Labute approximate surface area is 136 Å². The minimum atomic E-state index is 0.451. The lowest BCUT2D eigenvalue weighted by molar-refractivity contribution is 0.330. The fourth-order valence-electron chi connectivity index (χ4n) is 3.22. The maximum atomic E-state index is 5.81. The molecule has 0 saturated carbocycles. The number of nitrogens with one attached hydrogen (secondary N) is 1. The Morgan fingerprint density at radius 2 is 2.26 bits per heavy atom. The van der Waals surface area contributed by atoms with Crippen LogP contribution in [0.1, 0.15) is 30.6 Å². The van der Waals surface area contributed by atoms with E-state index in [9.17, 15) is 0 Å². The molecule has 0 saturated heterocycles. The smallest absolute Gasteiger partial charge is 0.150 e. The molecule has 0 radical (unpaired) electrons. The minimum Gasteiger partial charge on any atom is -0.489 e. The first kappa shape index (κ1) is 14.5. The number of ether oxygens (including phenoxy) is 1. The van der Waals surface area contributed by atoms with E-state index < -0.39 is 0 Å². The number of benzene rings is 1. The van der Waals surface area contributed by atoms with Crippen molar-refractivity contribution in [2.75, 3.05) is 13.2 Å². The van der Waals surface area contributed by atoms with Crippen LogP contribution in [0.3, 0.4) is 0 Å². The highest BCUT2D eigenvalue weighted by atomic mass is 16.5. The van der Waals surface area contributed by atoms with E-state index in [0.717, 1.165) is 49.8 Å². The standard InChI is InChI=1S/C18H22N4O/c1-2-17-20-18-8-7-15(11-22(18)21-17)19-10-13-9-14-5-3-4-6-16(14)23-12-13/h3-6,9,15,19H,2,7-8,10-12H2,1H3. The topological polar surface area (TPSA) is 52.0 Å². The highest BCUT2D eigenvalue weighted by molar-refractivity contribution is 5.62. The van der Waals surface area contributed by atoms with Crippen molar-refractivity contribution < 1.29 is 4.74 Å². The Hall–Kier alpha value is -2.14. The molecule has 2 aromatic rings. The first-order valence-corrected chi connectivity index (χ1v) is 8.39. The van der Waals surface area contributed by atoms with E-state index in [1.54, 1.807) is 0 Å². The summed E-state index contributed by atoms with van der Waals surface area (Å²) in [6, 6.07) is 8.64. The quantitative estimate of drug-likeness (QED) is 0.941. The lowest BCUT2D eigenvalue weighted by Crippen LogP contribution is -2.39. The fraction of sp³-hybridized carbons (Fsp3) is 0.444. The molecule has 4 rings (SSSR count). The van der Waals surface area contributed by atoms with Crippen molar-refractivity contribution in [3.05, 3.63) is 47.1 Å². The van der Waals surface area contributed by atoms with Crippen molar-refractivity contribution in [2.24, 2.45) is 0 Å². The first-order chi connectivity index (χ1) is 11.3. The summed E-state index contributed by atoms with van der Waals surface area (Å²) in [5.74, 6) is 3.07. The largest absolute Gasteiger partial charge is 0.489 e. The average molecular weight is 310 g/mol. The monoisotopic (exact) mass is 310 g/mol. The normalized spacial score (nSPS) is 19.5. The second kappa shape index (κ2) is 6.16. The molecule has 0 fully saturated rings. The summed E-state index contributed by atoms with van der Waals surface area (Å²) in [5.41, 5.74) is 2.47. The van der Waals surface area contributed by atoms with Gasteiger partial charge in [-0.3, -0.25) is 0 Å². The Bertz CT molecular complexity index is 734. The molecule has 5 heteroatoms. The molecule has 3 heterocycles. The van der Waals surface area contributed by atoms with E-state index in [0.29, 0.717) is 12.6 Å². The van der Waals surface area contributed by atoms with Gasteiger partial charge in [-0.2, -0.15) is 5.10 Å². The van der Waals surface area contributed by atoms with Crippen LogP contribution < -0.4 is 10.1 Å². The number of aryl methyl sites for hydroxylation is 2. The Morgan fingerprint density at radius 3 is 3.17 bits per heavy atom. The lowest BCUT2D eigenvalue weighted by atomic mass is 10.1. The molecule has 1 aromatic carbocycles. The van der Waals surface area contributed by atoms with Crippen LogP contribution >= 0.6 is 0 Å². The molecule has 1 atom stereocenters. The van der Waals surface area contributed by atoms with Gasteiger partial charge in [-0.25, -0.2) is 9.67 Å². The Kier molecular flexibility index (Phi) is 3.87. The molecular weight excluding hydrogens is 288 g/mol. The fourth-order valence-corrected chi connectivity index (χ4v) is 3.22. The number of nitrogens with zero attached hydrogens (tertiary/aromatic N) is 3. The number of rotatable bonds is 4. The maximum Gasteiger partial charge on any atom is 0.150 e. The molecule has 1 N–H and O–H groups in total. The summed E-state index contributed by atoms with van der Waals surface area (Å²) in [6.45, 7) is 4.55. The molecule has 0 amide bonds. The molecular formula is C18H22N4O. The summed E-state index contributed by atoms with van der Waals surface area (Å²) < 4.78 is 7.88. The third-order valence-corrected chi connectivity index (χ3v) is 4.53. The highest BCUT2D eigenvalue weighted by Gasteiger charge is 2.21. The van der Waals surface area contributed by atoms with Gasteiger partial charge in [0.2, 0.25) is 0 Å². The molecule has 1 aromatic heterocycles. The maximum absolute atomic E-state index is 5.81. The molecule has 120 valence electrons.